The number of amides is 1. The first-order chi connectivity index (χ1) is 10.0. The van der Waals surface area contributed by atoms with Gasteiger partial charge in [-0.1, -0.05) is 41.4 Å². The van der Waals surface area contributed by atoms with Crippen molar-refractivity contribution in [3.8, 4) is 0 Å². The van der Waals surface area contributed by atoms with Gasteiger partial charge in [-0.15, -0.1) is 0 Å². The molecule has 0 saturated carbocycles. The van der Waals surface area contributed by atoms with E-state index in [1.54, 1.807) is 19.2 Å². The quantitative estimate of drug-likeness (QED) is 0.882. The topological polar surface area (TPSA) is 41.1 Å². The molecule has 0 radical (unpaired) electrons. The van der Waals surface area contributed by atoms with Gasteiger partial charge in [0.05, 0.1) is 10.0 Å². The maximum Gasteiger partial charge on any atom is 0.251 e. The zero-order valence-corrected chi connectivity index (χ0v) is 13.3. The van der Waals surface area contributed by atoms with Crippen LogP contribution in [0.2, 0.25) is 10.0 Å². The minimum absolute atomic E-state index is 0.112. The van der Waals surface area contributed by atoms with Crippen molar-refractivity contribution in [2.75, 3.05) is 12.4 Å². The summed E-state index contributed by atoms with van der Waals surface area (Å²) in [6.07, 6.45) is 0. The van der Waals surface area contributed by atoms with Crippen LogP contribution in [0.4, 0.5) is 5.69 Å². The Balaban J connectivity index is 2.19. The lowest BCUT2D eigenvalue weighted by Crippen LogP contribution is -2.18. The van der Waals surface area contributed by atoms with E-state index in [1.165, 1.54) is 0 Å². The van der Waals surface area contributed by atoms with Crippen molar-refractivity contribution < 1.29 is 4.79 Å². The molecule has 1 amide bonds. The number of hydrogen-bond acceptors (Lipinski definition) is 2. The second-order valence-corrected chi connectivity index (χ2v) is 5.46. The van der Waals surface area contributed by atoms with Crippen LogP contribution in [0.25, 0.3) is 0 Å². The largest absolute Gasteiger partial charge is 0.381 e. The number of aryl methyl sites for hydroxylation is 1. The molecule has 0 aliphatic heterocycles. The minimum Gasteiger partial charge on any atom is -0.381 e. The Kier molecular flexibility index (Phi) is 5.10. The van der Waals surface area contributed by atoms with E-state index >= 15 is 0 Å². The number of hydrogen-bond donors (Lipinski definition) is 2. The van der Waals surface area contributed by atoms with Crippen LogP contribution in [0, 0.1) is 6.92 Å². The molecule has 2 aromatic rings. The molecule has 3 nitrogen and oxygen atoms in total. The summed E-state index contributed by atoms with van der Waals surface area (Å²) in [6, 6.07) is 11.1. The lowest BCUT2D eigenvalue weighted by molar-refractivity contribution is 0.0963. The molecule has 0 fully saturated rings. The summed E-state index contributed by atoms with van der Waals surface area (Å²) in [5.74, 6) is -0.112. The molecule has 0 bridgehead atoms. The average molecular weight is 323 g/mol. The Hall–Kier alpha value is -1.71. The number of nitrogens with one attached hydrogen (secondary N) is 2. The van der Waals surface area contributed by atoms with Gasteiger partial charge in [0, 0.05) is 24.8 Å². The smallest absolute Gasteiger partial charge is 0.251 e. The molecule has 21 heavy (non-hydrogen) atoms. The molecule has 0 aliphatic rings. The van der Waals surface area contributed by atoms with Crippen molar-refractivity contribution in [1.29, 1.82) is 0 Å². The molecular weight excluding hydrogens is 307 g/mol. The van der Waals surface area contributed by atoms with Crippen LogP contribution in [0.15, 0.2) is 36.4 Å². The second-order valence-electron chi connectivity index (χ2n) is 4.68. The van der Waals surface area contributed by atoms with Crippen molar-refractivity contribution in [3.63, 3.8) is 0 Å². The van der Waals surface area contributed by atoms with Gasteiger partial charge >= 0.3 is 0 Å². The van der Waals surface area contributed by atoms with Crippen LogP contribution in [-0.2, 0) is 6.54 Å². The fraction of sp³-hybridized carbons (Fsp3) is 0.188. The van der Waals surface area contributed by atoms with Crippen LogP contribution >= 0.6 is 23.2 Å². The monoisotopic (exact) mass is 322 g/mol. The van der Waals surface area contributed by atoms with Gasteiger partial charge in [0.1, 0.15) is 0 Å². The van der Waals surface area contributed by atoms with E-state index in [0.29, 0.717) is 22.2 Å². The van der Waals surface area contributed by atoms with Crippen molar-refractivity contribution in [2.45, 2.75) is 13.5 Å². The standard InChI is InChI=1S/C16H16Cl2N2O/c1-10-6-7-11(16(21)19-2)8-14(10)20-9-12-4-3-5-13(17)15(12)18/h3-8,20H,9H2,1-2H3,(H,19,21). The molecule has 2 aromatic carbocycles. The highest BCUT2D eigenvalue weighted by atomic mass is 35.5. The number of anilines is 1. The molecule has 0 atom stereocenters. The Morgan fingerprint density at radius 1 is 1.19 bits per heavy atom. The summed E-state index contributed by atoms with van der Waals surface area (Å²) in [5, 5.41) is 6.99. The third-order valence-corrected chi connectivity index (χ3v) is 4.09. The number of carbonyl (C=O) groups is 1. The third kappa shape index (κ3) is 3.69. The Morgan fingerprint density at radius 3 is 2.67 bits per heavy atom. The van der Waals surface area contributed by atoms with Gasteiger partial charge in [-0.25, -0.2) is 0 Å². The summed E-state index contributed by atoms with van der Waals surface area (Å²) in [5.41, 5.74) is 3.48. The molecule has 0 heterocycles. The van der Waals surface area contributed by atoms with Crippen LogP contribution < -0.4 is 10.6 Å². The van der Waals surface area contributed by atoms with E-state index < -0.39 is 0 Å². The van der Waals surface area contributed by atoms with Crippen molar-refractivity contribution in [1.82, 2.24) is 5.32 Å². The minimum atomic E-state index is -0.112. The fourth-order valence-corrected chi connectivity index (χ4v) is 2.36. The zero-order valence-electron chi connectivity index (χ0n) is 11.8. The van der Waals surface area contributed by atoms with Crippen molar-refractivity contribution in [2.24, 2.45) is 0 Å². The molecule has 0 saturated heterocycles. The maximum absolute atomic E-state index is 11.7. The summed E-state index contributed by atoms with van der Waals surface area (Å²) in [6.45, 7) is 2.52. The summed E-state index contributed by atoms with van der Waals surface area (Å²) in [7, 11) is 1.61. The molecule has 2 rings (SSSR count). The van der Waals surface area contributed by atoms with E-state index in [4.69, 9.17) is 23.2 Å². The maximum atomic E-state index is 11.7. The molecule has 110 valence electrons. The highest BCUT2D eigenvalue weighted by Gasteiger charge is 2.08. The molecule has 5 heteroatoms. The summed E-state index contributed by atoms with van der Waals surface area (Å²) < 4.78 is 0. The normalized spacial score (nSPS) is 10.3. The molecule has 0 spiro atoms. The van der Waals surface area contributed by atoms with Crippen LogP contribution in [0.3, 0.4) is 0 Å². The van der Waals surface area contributed by atoms with Crippen LogP contribution in [0.1, 0.15) is 21.5 Å². The van der Waals surface area contributed by atoms with Crippen molar-refractivity contribution in [3.05, 3.63) is 63.1 Å². The first kappa shape index (κ1) is 15.7. The summed E-state index contributed by atoms with van der Waals surface area (Å²) in [4.78, 5) is 11.7. The van der Waals surface area contributed by atoms with Gasteiger partial charge in [-0.3, -0.25) is 4.79 Å². The molecule has 0 unspecified atom stereocenters. The molecule has 0 aliphatic carbocycles. The number of benzene rings is 2. The van der Waals surface area contributed by atoms with Crippen LogP contribution in [0.5, 0.6) is 0 Å². The van der Waals surface area contributed by atoms with Gasteiger partial charge < -0.3 is 10.6 Å². The van der Waals surface area contributed by atoms with E-state index in [9.17, 15) is 4.79 Å². The first-order valence-corrected chi connectivity index (χ1v) is 7.28. The predicted molar refractivity (Wildman–Crippen MR) is 88.4 cm³/mol. The van der Waals surface area contributed by atoms with Gasteiger partial charge in [-0.2, -0.15) is 0 Å². The SMILES string of the molecule is CNC(=O)c1ccc(C)c(NCc2cccc(Cl)c2Cl)c1. The summed E-state index contributed by atoms with van der Waals surface area (Å²) >= 11 is 12.2. The number of rotatable bonds is 4. The second kappa shape index (κ2) is 6.83. The molecular formula is C16H16Cl2N2O. The number of halogens is 2. The van der Waals surface area contributed by atoms with Gasteiger partial charge in [0.25, 0.3) is 5.91 Å². The van der Waals surface area contributed by atoms with Gasteiger partial charge in [0.2, 0.25) is 0 Å². The van der Waals surface area contributed by atoms with E-state index in [0.717, 1.165) is 16.8 Å². The lowest BCUT2D eigenvalue weighted by atomic mass is 10.1. The Morgan fingerprint density at radius 2 is 1.95 bits per heavy atom. The van der Waals surface area contributed by atoms with Gasteiger partial charge in [-0.05, 0) is 36.2 Å². The predicted octanol–water partition coefficient (Wildman–Crippen LogP) is 4.27. The van der Waals surface area contributed by atoms with Crippen molar-refractivity contribution >= 4 is 34.8 Å². The Bertz CT molecular complexity index is 671. The average Bonchev–Trinajstić information content (AvgIpc) is 2.49. The van der Waals surface area contributed by atoms with E-state index in [-0.39, 0.29) is 5.91 Å². The molecule has 0 aromatic heterocycles. The zero-order chi connectivity index (χ0) is 15.4. The lowest BCUT2D eigenvalue weighted by Gasteiger charge is -2.12. The highest BCUT2D eigenvalue weighted by molar-refractivity contribution is 6.42. The van der Waals surface area contributed by atoms with E-state index in [2.05, 4.69) is 10.6 Å². The van der Waals surface area contributed by atoms with E-state index in [1.807, 2.05) is 31.2 Å². The number of carbonyl (C=O) groups excluding carboxylic acids is 1. The Labute approximate surface area is 134 Å². The highest BCUT2D eigenvalue weighted by Crippen LogP contribution is 2.26. The van der Waals surface area contributed by atoms with Crippen LogP contribution in [-0.4, -0.2) is 13.0 Å². The van der Waals surface area contributed by atoms with Gasteiger partial charge in [0.15, 0.2) is 0 Å². The third-order valence-electron chi connectivity index (χ3n) is 3.23. The fourth-order valence-electron chi connectivity index (χ4n) is 1.97. The molecule has 2 N–H and O–H groups in total. The first-order valence-electron chi connectivity index (χ1n) is 6.52.